The number of hydrogen-bond donors (Lipinski definition) is 3. The van der Waals surface area contributed by atoms with Crippen molar-refractivity contribution in [2.24, 2.45) is 0 Å². The Morgan fingerprint density at radius 1 is 1.60 bits per heavy atom. The molecule has 20 heavy (non-hydrogen) atoms. The summed E-state index contributed by atoms with van der Waals surface area (Å²) in [6.45, 7) is 0.885. The average molecular weight is 400 g/mol. The molecule has 3 N–H and O–H groups in total. The highest BCUT2D eigenvalue weighted by molar-refractivity contribution is 14.1. The number of nitrogens with one attached hydrogen (secondary N) is 1. The van der Waals surface area contributed by atoms with Gasteiger partial charge in [-0.1, -0.05) is 22.6 Å². The maximum atomic E-state index is 14.2. The summed E-state index contributed by atoms with van der Waals surface area (Å²) in [5.41, 5.74) is -2.65. The Hall–Kier alpha value is -0.780. The summed E-state index contributed by atoms with van der Waals surface area (Å²) in [5.74, 6) is 0. The molecule has 1 aliphatic rings. The third-order valence-corrected chi connectivity index (χ3v) is 4.67. The molecular weight excluding hydrogens is 386 g/mol. The highest BCUT2D eigenvalue weighted by atomic mass is 127. The number of alkyl halides is 2. The predicted molar refractivity (Wildman–Crippen MR) is 75.8 cm³/mol. The van der Waals surface area contributed by atoms with Crippen LogP contribution in [0, 0.1) is 6.92 Å². The molecule has 1 aromatic rings. The average Bonchev–Trinajstić information content (AvgIpc) is 2.68. The Kier molecular flexibility index (Phi) is 4.33. The van der Waals surface area contributed by atoms with Crippen LogP contribution in [0.1, 0.15) is 11.8 Å². The van der Waals surface area contributed by atoms with Crippen molar-refractivity contribution in [3.63, 3.8) is 0 Å². The summed E-state index contributed by atoms with van der Waals surface area (Å²) in [6, 6.07) is 0. The molecule has 0 spiro atoms. The standard InChI is InChI=1S/C11H14FIN2O5/c1-5-2-15(10(19)14-8(5)18)9-6(12)7(17)11(3-13,4-16)20-9/h2,6-7,9,16-17H,3-4H2,1H3,(H,14,18,19)/t6-,7-,9+,11+/m0/s1. The second kappa shape index (κ2) is 5.54. The Labute approximate surface area is 126 Å². The van der Waals surface area contributed by atoms with E-state index in [1.807, 2.05) is 27.6 Å². The van der Waals surface area contributed by atoms with Crippen molar-refractivity contribution in [1.82, 2.24) is 9.55 Å². The quantitative estimate of drug-likeness (QED) is 0.457. The van der Waals surface area contributed by atoms with Gasteiger partial charge >= 0.3 is 5.69 Å². The summed E-state index contributed by atoms with van der Waals surface area (Å²) in [6.07, 6.45) is -3.67. The van der Waals surface area contributed by atoms with E-state index in [1.54, 1.807) is 0 Å². The largest absolute Gasteiger partial charge is 0.393 e. The van der Waals surface area contributed by atoms with Gasteiger partial charge in [0.25, 0.3) is 5.56 Å². The lowest BCUT2D eigenvalue weighted by molar-refractivity contribution is -0.112. The molecule has 2 heterocycles. The highest BCUT2D eigenvalue weighted by Crippen LogP contribution is 2.39. The van der Waals surface area contributed by atoms with Crippen LogP contribution in [0.25, 0.3) is 0 Å². The summed E-state index contributed by atoms with van der Waals surface area (Å²) in [5, 5.41) is 19.2. The van der Waals surface area contributed by atoms with E-state index in [9.17, 15) is 24.2 Å². The van der Waals surface area contributed by atoms with Gasteiger partial charge in [0.05, 0.1) is 6.61 Å². The molecule has 1 aliphatic heterocycles. The summed E-state index contributed by atoms with van der Waals surface area (Å²) in [7, 11) is 0. The molecule has 0 aromatic carbocycles. The van der Waals surface area contributed by atoms with Gasteiger partial charge in [0.15, 0.2) is 12.4 Å². The van der Waals surface area contributed by atoms with Gasteiger partial charge in [-0.05, 0) is 6.92 Å². The van der Waals surface area contributed by atoms with Gasteiger partial charge in [-0.3, -0.25) is 14.3 Å². The summed E-state index contributed by atoms with van der Waals surface area (Å²) in [4.78, 5) is 25.1. The van der Waals surface area contributed by atoms with Crippen LogP contribution in [0.5, 0.6) is 0 Å². The molecule has 0 bridgehead atoms. The minimum Gasteiger partial charge on any atom is -0.393 e. The van der Waals surface area contributed by atoms with E-state index in [0.29, 0.717) is 0 Å². The number of H-pyrrole nitrogens is 1. The van der Waals surface area contributed by atoms with E-state index in [4.69, 9.17) is 4.74 Å². The molecular formula is C11H14FIN2O5. The SMILES string of the molecule is Cc1cn([C@@H]2O[C@@](CO)(CI)[C@@H](O)[C@@H]2F)c(=O)[nH]c1=O. The van der Waals surface area contributed by atoms with Crippen LogP contribution >= 0.6 is 22.6 Å². The van der Waals surface area contributed by atoms with Crippen LogP contribution in [0.15, 0.2) is 15.8 Å². The van der Waals surface area contributed by atoms with Crippen molar-refractivity contribution < 1.29 is 19.3 Å². The topological polar surface area (TPSA) is 105 Å². The minimum atomic E-state index is -1.89. The van der Waals surface area contributed by atoms with E-state index < -0.39 is 42.0 Å². The van der Waals surface area contributed by atoms with Crippen LogP contribution in [-0.2, 0) is 4.74 Å². The number of halogens is 2. The first-order chi connectivity index (χ1) is 9.36. The summed E-state index contributed by atoms with van der Waals surface area (Å²) >= 11 is 1.86. The molecule has 1 saturated heterocycles. The number of hydrogen-bond acceptors (Lipinski definition) is 5. The molecule has 1 fully saturated rings. The molecule has 0 radical (unpaired) electrons. The number of nitrogens with zero attached hydrogens (tertiary/aromatic N) is 1. The maximum Gasteiger partial charge on any atom is 0.330 e. The number of aliphatic hydroxyl groups is 2. The maximum absolute atomic E-state index is 14.2. The number of rotatable bonds is 3. The lowest BCUT2D eigenvalue weighted by Crippen LogP contribution is -2.47. The zero-order chi connectivity index (χ0) is 15.1. The molecule has 0 saturated carbocycles. The van der Waals surface area contributed by atoms with Crippen molar-refractivity contribution in [2.45, 2.75) is 31.0 Å². The lowest BCUT2D eigenvalue weighted by Gasteiger charge is -2.27. The van der Waals surface area contributed by atoms with Gasteiger partial charge in [0.2, 0.25) is 0 Å². The van der Waals surface area contributed by atoms with Gasteiger partial charge in [-0.25, -0.2) is 9.18 Å². The number of ether oxygens (including phenoxy) is 1. The fourth-order valence-corrected chi connectivity index (χ4v) is 2.96. The van der Waals surface area contributed by atoms with Gasteiger partial charge in [0, 0.05) is 16.2 Å². The van der Waals surface area contributed by atoms with Gasteiger partial charge in [-0.2, -0.15) is 0 Å². The fourth-order valence-electron chi connectivity index (χ4n) is 2.09. The molecule has 4 atom stereocenters. The van der Waals surface area contributed by atoms with Crippen LogP contribution in [-0.4, -0.2) is 48.7 Å². The zero-order valence-electron chi connectivity index (χ0n) is 10.5. The van der Waals surface area contributed by atoms with Crippen LogP contribution in [0.2, 0.25) is 0 Å². The van der Waals surface area contributed by atoms with Crippen molar-refractivity contribution in [2.75, 3.05) is 11.0 Å². The van der Waals surface area contributed by atoms with Crippen LogP contribution < -0.4 is 11.2 Å². The summed E-state index contributed by atoms with van der Waals surface area (Å²) < 4.78 is 20.6. The third-order valence-electron chi connectivity index (χ3n) is 3.38. The molecule has 9 heteroatoms. The van der Waals surface area contributed by atoms with Crippen LogP contribution in [0.4, 0.5) is 4.39 Å². The lowest BCUT2D eigenvalue weighted by atomic mass is 9.99. The van der Waals surface area contributed by atoms with Crippen molar-refractivity contribution >= 4 is 22.6 Å². The van der Waals surface area contributed by atoms with Crippen LogP contribution in [0.3, 0.4) is 0 Å². The second-order valence-electron chi connectivity index (χ2n) is 4.73. The molecule has 0 amide bonds. The normalized spacial score (nSPS) is 33.5. The molecule has 112 valence electrons. The van der Waals surface area contributed by atoms with Gasteiger partial charge in [0.1, 0.15) is 11.7 Å². The monoisotopic (exact) mass is 400 g/mol. The third kappa shape index (κ3) is 2.32. The number of aromatic amines is 1. The van der Waals surface area contributed by atoms with E-state index in [-0.39, 0.29) is 9.99 Å². The number of aromatic nitrogens is 2. The highest BCUT2D eigenvalue weighted by Gasteiger charge is 2.55. The van der Waals surface area contributed by atoms with Crippen molar-refractivity contribution in [3.05, 3.63) is 32.6 Å². The second-order valence-corrected chi connectivity index (χ2v) is 5.50. The first kappa shape index (κ1) is 15.6. The van der Waals surface area contributed by atoms with Gasteiger partial charge < -0.3 is 14.9 Å². The molecule has 2 rings (SSSR count). The Morgan fingerprint density at radius 3 is 2.75 bits per heavy atom. The first-order valence-electron chi connectivity index (χ1n) is 5.85. The van der Waals surface area contributed by atoms with E-state index >= 15 is 0 Å². The minimum absolute atomic E-state index is 0.149. The Morgan fingerprint density at radius 2 is 2.25 bits per heavy atom. The Balaban J connectivity index is 2.47. The van der Waals surface area contributed by atoms with E-state index in [1.165, 1.54) is 13.1 Å². The van der Waals surface area contributed by atoms with E-state index in [2.05, 4.69) is 0 Å². The number of aliphatic hydroxyl groups excluding tert-OH is 2. The first-order valence-corrected chi connectivity index (χ1v) is 7.37. The smallest absolute Gasteiger partial charge is 0.330 e. The zero-order valence-corrected chi connectivity index (χ0v) is 12.7. The molecule has 7 nitrogen and oxygen atoms in total. The predicted octanol–water partition coefficient (Wildman–Crippen LogP) is -0.761. The fraction of sp³-hybridized carbons (Fsp3) is 0.636. The van der Waals surface area contributed by atoms with E-state index in [0.717, 1.165) is 4.57 Å². The van der Waals surface area contributed by atoms with Gasteiger partial charge in [-0.15, -0.1) is 0 Å². The molecule has 1 aromatic heterocycles. The Bertz CT molecular complexity index is 612. The number of aryl methyl sites for hydroxylation is 1. The molecule has 0 unspecified atom stereocenters. The van der Waals surface area contributed by atoms with Crippen molar-refractivity contribution in [1.29, 1.82) is 0 Å². The van der Waals surface area contributed by atoms with Crippen molar-refractivity contribution in [3.8, 4) is 0 Å². The molecule has 0 aliphatic carbocycles.